The van der Waals surface area contributed by atoms with Crippen LogP contribution in [0.2, 0.25) is 0 Å². The first-order chi connectivity index (χ1) is 17.4. The fourth-order valence-electron chi connectivity index (χ4n) is 4.21. The summed E-state index contributed by atoms with van der Waals surface area (Å²) in [5, 5.41) is 16.8. The highest BCUT2D eigenvalue weighted by molar-refractivity contribution is 6.01. The molecule has 8 nitrogen and oxygen atoms in total. The number of aromatic nitrogens is 2. The van der Waals surface area contributed by atoms with Gasteiger partial charge in [-0.1, -0.05) is 30.3 Å². The number of amides is 1. The predicted molar refractivity (Wildman–Crippen MR) is 145 cm³/mol. The first-order valence-electron chi connectivity index (χ1n) is 11.7. The van der Waals surface area contributed by atoms with Crippen LogP contribution in [0.15, 0.2) is 79.0 Å². The quantitative estimate of drug-likeness (QED) is 0.390. The number of likely N-dealkylation sites (N-methyl/N-ethyl adjacent to an activating group) is 1. The van der Waals surface area contributed by atoms with Gasteiger partial charge in [-0.2, -0.15) is 0 Å². The molecule has 1 amide bonds. The third-order valence-electron chi connectivity index (χ3n) is 6.29. The van der Waals surface area contributed by atoms with Crippen molar-refractivity contribution in [2.75, 3.05) is 41.3 Å². The lowest BCUT2D eigenvalue weighted by atomic mass is 10.1. The number of para-hydroxylation sites is 1. The highest BCUT2D eigenvalue weighted by Crippen LogP contribution is 2.35. The summed E-state index contributed by atoms with van der Waals surface area (Å²) in [5.74, 6) is 0.446. The summed E-state index contributed by atoms with van der Waals surface area (Å²) in [6, 6.07) is 22.9. The van der Waals surface area contributed by atoms with Gasteiger partial charge in [-0.15, -0.1) is 0 Å². The molecule has 0 radical (unpaired) electrons. The zero-order valence-corrected chi connectivity index (χ0v) is 20.5. The normalized spacial score (nSPS) is 12.4. The molecule has 1 aromatic heterocycles. The van der Waals surface area contributed by atoms with Crippen molar-refractivity contribution in [2.24, 2.45) is 0 Å². The molecule has 0 bridgehead atoms. The third kappa shape index (κ3) is 4.71. The Hall–Kier alpha value is -4.43. The molecule has 0 saturated heterocycles. The summed E-state index contributed by atoms with van der Waals surface area (Å²) in [6.45, 7) is 0.245. The Labute approximate surface area is 210 Å². The van der Waals surface area contributed by atoms with E-state index in [9.17, 15) is 10.0 Å². The molecule has 8 heteroatoms. The van der Waals surface area contributed by atoms with E-state index in [0.29, 0.717) is 11.6 Å². The Balaban J connectivity index is 1.31. The standard InChI is InChI=1S/C28H27N6O2/c1-32(2)22-12-14-23(15-13-22)34(36)18-19-8-10-21(11-9-19)30-28-29-17-20-16-26(35)33(3)25-7-5-4-6-24(25)27(20)31-28/h4-15,17H,16,18H2,1-3H3,(H,29,30,31)/q-1. The lowest BCUT2D eigenvalue weighted by Crippen LogP contribution is -2.26. The second kappa shape index (κ2) is 9.67. The van der Waals surface area contributed by atoms with E-state index in [-0.39, 0.29) is 18.9 Å². The minimum Gasteiger partial charge on any atom is -0.758 e. The van der Waals surface area contributed by atoms with Crippen LogP contribution in [0.4, 0.5) is 28.7 Å². The van der Waals surface area contributed by atoms with Crippen molar-refractivity contribution in [3.8, 4) is 11.3 Å². The zero-order valence-electron chi connectivity index (χ0n) is 20.5. The lowest BCUT2D eigenvalue weighted by Gasteiger charge is -2.31. The minimum absolute atomic E-state index is 0.00200. The van der Waals surface area contributed by atoms with E-state index in [1.54, 1.807) is 18.1 Å². The van der Waals surface area contributed by atoms with Crippen LogP contribution in [0.25, 0.3) is 11.3 Å². The topological polar surface area (TPSA) is 87.7 Å². The van der Waals surface area contributed by atoms with Crippen molar-refractivity contribution in [1.29, 1.82) is 0 Å². The maximum absolute atomic E-state index is 12.6. The number of benzene rings is 3. The fraction of sp³-hybridized carbons (Fsp3) is 0.179. The van der Waals surface area contributed by atoms with Gasteiger partial charge in [0.15, 0.2) is 0 Å². The highest BCUT2D eigenvalue weighted by atomic mass is 16.5. The van der Waals surface area contributed by atoms with Crippen LogP contribution < -0.4 is 20.2 Å². The maximum atomic E-state index is 12.6. The molecule has 182 valence electrons. The Morgan fingerprint density at radius 3 is 2.39 bits per heavy atom. The molecule has 5 rings (SSSR count). The molecular weight excluding hydrogens is 452 g/mol. The maximum Gasteiger partial charge on any atom is 0.231 e. The molecule has 0 fully saturated rings. The van der Waals surface area contributed by atoms with Crippen LogP contribution >= 0.6 is 0 Å². The zero-order chi connectivity index (χ0) is 25.2. The van der Waals surface area contributed by atoms with Gasteiger partial charge >= 0.3 is 0 Å². The molecule has 1 aliphatic rings. The van der Waals surface area contributed by atoms with E-state index in [4.69, 9.17) is 4.98 Å². The van der Waals surface area contributed by atoms with Crippen molar-refractivity contribution in [3.05, 3.63) is 95.3 Å². The summed E-state index contributed by atoms with van der Waals surface area (Å²) in [5.41, 5.74) is 6.64. The van der Waals surface area contributed by atoms with Crippen molar-refractivity contribution < 1.29 is 4.79 Å². The van der Waals surface area contributed by atoms with Crippen LogP contribution in [-0.4, -0.2) is 37.0 Å². The van der Waals surface area contributed by atoms with E-state index in [2.05, 4.69) is 10.3 Å². The Bertz CT molecular complexity index is 1390. The molecule has 2 heterocycles. The monoisotopic (exact) mass is 479 g/mol. The number of rotatable bonds is 6. The number of nitrogens with zero attached hydrogens (tertiary/aromatic N) is 5. The number of hydrogen-bond acceptors (Lipinski definition) is 7. The van der Waals surface area contributed by atoms with Gasteiger partial charge in [-0.3, -0.25) is 4.79 Å². The van der Waals surface area contributed by atoms with Crippen molar-refractivity contribution in [3.63, 3.8) is 0 Å². The van der Waals surface area contributed by atoms with Crippen LogP contribution in [0, 0.1) is 5.21 Å². The third-order valence-corrected chi connectivity index (χ3v) is 6.29. The number of hydroxylamine groups is 1. The summed E-state index contributed by atoms with van der Waals surface area (Å²) in [7, 11) is 5.71. The smallest absolute Gasteiger partial charge is 0.231 e. The molecule has 0 saturated carbocycles. The highest BCUT2D eigenvalue weighted by Gasteiger charge is 2.24. The average Bonchev–Trinajstić information content (AvgIpc) is 3.00. The van der Waals surface area contributed by atoms with E-state index < -0.39 is 0 Å². The summed E-state index contributed by atoms with van der Waals surface area (Å²) < 4.78 is 0. The molecule has 1 aliphatic heterocycles. The van der Waals surface area contributed by atoms with Gasteiger partial charge in [0.25, 0.3) is 0 Å². The van der Waals surface area contributed by atoms with Crippen molar-refractivity contribution in [1.82, 2.24) is 9.97 Å². The number of nitrogens with one attached hydrogen (secondary N) is 1. The first kappa shape index (κ1) is 23.3. The lowest BCUT2D eigenvalue weighted by molar-refractivity contribution is -0.117. The SMILES string of the molecule is CN(C)c1ccc(N([O-])Cc2ccc(Nc3ncc4c(n3)-c3ccccc3N(C)C(=O)C4)cc2)cc1. The van der Waals surface area contributed by atoms with Crippen LogP contribution in [0.3, 0.4) is 0 Å². The Morgan fingerprint density at radius 1 is 0.972 bits per heavy atom. The van der Waals surface area contributed by atoms with E-state index in [0.717, 1.165) is 44.5 Å². The number of anilines is 5. The van der Waals surface area contributed by atoms with Crippen LogP contribution in [0.5, 0.6) is 0 Å². The van der Waals surface area contributed by atoms with E-state index in [1.807, 2.05) is 91.8 Å². The number of hydrogen-bond donors (Lipinski definition) is 1. The molecule has 0 unspecified atom stereocenters. The molecule has 1 N–H and O–H groups in total. The number of carbonyl (C=O) groups excluding carboxylic acids is 1. The second-order valence-corrected chi connectivity index (χ2v) is 8.98. The summed E-state index contributed by atoms with van der Waals surface area (Å²) >= 11 is 0. The van der Waals surface area contributed by atoms with Gasteiger partial charge in [-0.05, 0) is 48.0 Å². The molecular formula is C28H27N6O2-. The van der Waals surface area contributed by atoms with Gasteiger partial charge < -0.3 is 25.4 Å². The van der Waals surface area contributed by atoms with Crippen molar-refractivity contribution in [2.45, 2.75) is 13.0 Å². The first-order valence-corrected chi connectivity index (χ1v) is 11.7. The predicted octanol–water partition coefficient (Wildman–Crippen LogP) is 4.98. The Morgan fingerprint density at radius 2 is 1.67 bits per heavy atom. The molecule has 0 aliphatic carbocycles. The molecule has 36 heavy (non-hydrogen) atoms. The summed E-state index contributed by atoms with van der Waals surface area (Å²) in [4.78, 5) is 25.4. The van der Waals surface area contributed by atoms with Gasteiger partial charge in [0.1, 0.15) is 0 Å². The van der Waals surface area contributed by atoms with Gasteiger partial charge in [0.2, 0.25) is 11.9 Å². The Kier molecular flexibility index (Phi) is 6.26. The molecule has 0 atom stereocenters. The average molecular weight is 480 g/mol. The van der Waals surface area contributed by atoms with Crippen LogP contribution in [-0.2, 0) is 17.8 Å². The van der Waals surface area contributed by atoms with Crippen molar-refractivity contribution >= 4 is 34.6 Å². The number of fused-ring (bicyclic) bond motifs is 3. The summed E-state index contributed by atoms with van der Waals surface area (Å²) in [6.07, 6.45) is 1.96. The fourth-order valence-corrected chi connectivity index (χ4v) is 4.21. The molecule has 3 aromatic carbocycles. The van der Waals surface area contributed by atoms with Gasteiger partial charge in [-0.25, -0.2) is 9.97 Å². The van der Waals surface area contributed by atoms with E-state index >= 15 is 0 Å². The molecule has 4 aromatic rings. The second-order valence-electron chi connectivity index (χ2n) is 8.98. The van der Waals surface area contributed by atoms with Gasteiger partial charge in [0, 0.05) is 62.1 Å². The van der Waals surface area contributed by atoms with Crippen LogP contribution in [0.1, 0.15) is 11.1 Å². The van der Waals surface area contributed by atoms with Gasteiger partial charge in [0.05, 0.1) is 17.8 Å². The number of carbonyl (C=O) groups is 1. The minimum atomic E-state index is 0.00200. The largest absolute Gasteiger partial charge is 0.758 e. The molecule has 0 spiro atoms. The van der Waals surface area contributed by atoms with E-state index in [1.165, 1.54) is 0 Å².